The third-order valence-electron chi connectivity index (χ3n) is 4.68. The van der Waals surface area contributed by atoms with Gasteiger partial charge in [-0.2, -0.15) is 18.4 Å². The fraction of sp³-hybridized carbons (Fsp3) is 0.167. The molecule has 1 heterocycles. The van der Waals surface area contributed by atoms with E-state index in [2.05, 4.69) is 10.3 Å². The minimum absolute atomic E-state index is 0.00560. The first kappa shape index (κ1) is 24.8. The Hall–Kier alpha value is -3.84. The monoisotopic (exact) mass is 485 g/mol. The van der Waals surface area contributed by atoms with Gasteiger partial charge in [0.1, 0.15) is 16.8 Å². The van der Waals surface area contributed by atoms with E-state index in [4.69, 9.17) is 4.74 Å². The molecule has 0 fully saturated rings. The van der Waals surface area contributed by atoms with E-state index in [1.165, 1.54) is 20.1 Å². The lowest BCUT2D eigenvalue weighted by Crippen LogP contribution is -2.15. The predicted octanol–water partition coefficient (Wildman–Crippen LogP) is 5.58. The van der Waals surface area contributed by atoms with Gasteiger partial charge in [0, 0.05) is 16.8 Å². The van der Waals surface area contributed by atoms with Crippen molar-refractivity contribution in [2.24, 2.45) is 0 Å². The van der Waals surface area contributed by atoms with Gasteiger partial charge < -0.3 is 10.1 Å². The largest absolute Gasteiger partial charge is 0.497 e. The van der Waals surface area contributed by atoms with Gasteiger partial charge in [-0.25, -0.2) is 4.98 Å². The Labute approximate surface area is 197 Å². The SMILES string of the molecule is COc1ccc(-c2cc(C(F)(F)F)c(C#N)c(SCC(=O)Nc3cccc(C(C)=O)c3)n2)cc1. The molecule has 0 saturated carbocycles. The number of rotatable bonds is 7. The molecule has 1 N–H and O–H groups in total. The summed E-state index contributed by atoms with van der Waals surface area (Å²) in [5, 5.41) is 11.8. The number of amides is 1. The summed E-state index contributed by atoms with van der Waals surface area (Å²) in [7, 11) is 1.47. The van der Waals surface area contributed by atoms with Gasteiger partial charge in [0.25, 0.3) is 0 Å². The second kappa shape index (κ2) is 10.4. The Kier molecular flexibility index (Phi) is 7.58. The molecule has 0 spiro atoms. The Morgan fingerprint density at radius 3 is 2.44 bits per heavy atom. The quantitative estimate of drug-likeness (QED) is 0.347. The lowest BCUT2D eigenvalue weighted by Gasteiger charge is -2.14. The molecular formula is C24H18F3N3O3S. The van der Waals surface area contributed by atoms with Gasteiger partial charge in [-0.3, -0.25) is 9.59 Å². The number of halogens is 3. The van der Waals surface area contributed by atoms with Crippen molar-refractivity contribution in [1.29, 1.82) is 5.26 Å². The number of anilines is 1. The highest BCUT2D eigenvalue weighted by Gasteiger charge is 2.36. The highest BCUT2D eigenvalue weighted by atomic mass is 32.2. The summed E-state index contributed by atoms with van der Waals surface area (Å²) < 4.78 is 46.2. The normalized spacial score (nSPS) is 10.9. The highest BCUT2D eigenvalue weighted by molar-refractivity contribution is 8.00. The van der Waals surface area contributed by atoms with Crippen LogP contribution in [0.5, 0.6) is 5.75 Å². The Balaban J connectivity index is 1.90. The first-order valence-corrected chi connectivity index (χ1v) is 10.8. The summed E-state index contributed by atoms with van der Waals surface area (Å²) in [5.41, 5.74) is -0.612. The number of ketones is 1. The molecule has 0 aliphatic heterocycles. The van der Waals surface area contributed by atoms with Gasteiger partial charge in [0.2, 0.25) is 5.91 Å². The van der Waals surface area contributed by atoms with E-state index < -0.39 is 23.2 Å². The molecule has 0 aliphatic carbocycles. The van der Waals surface area contributed by atoms with Crippen molar-refractivity contribution in [3.05, 3.63) is 71.3 Å². The first-order chi connectivity index (χ1) is 16.1. The lowest BCUT2D eigenvalue weighted by molar-refractivity contribution is -0.138. The first-order valence-electron chi connectivity index (χ1n) is 9.82. The molecule has 174 valence electrons. The van der Waals surface area contributed by atoms with E-state index in [1.807, 2.05) is 0 Å². The van der Waals surface area contributed by atoms with Crippen LogP contribution < -0.4 is 10.1 Å². The zero-order chi connectivity index (χ0) is 24.9. The number of nitriles is 1. The number of aromatic nitrogens is 1. The maximum absolute atomic E-state index is 13.7. The van der Waals surface area contributed by atoms with Crippen LogP contribution in [0, 0.1) is 11.3 Å². The van der Waals surface area contributed by atoms with Gasteiger partial charge >= 0.3 is 6.18 Å². The highest BCUT2D eigenvalue weighted by Crippen LogP contribution is 2.38. The van der Waals surface area contributed by atoms with E-state index in [1.54, 1.807) is 48.5 Å². The number of carbonyl (C=O) groups excluding carboxylic acids is 2. The number of ether oxygens (including phenoxy) is 1. The molecule has 6 nitrogen and oxygen atoms in total. The van der Waals surface area contributed by atoms with Crippen molar-refractivity contribution in [3.63, 3.8) is 0 Å². The average molecular weight is 485 g/mol. The number of hydrogen-bond acceptors (Lipinski definition) is 6. The van der Waals surface area contributed by atoms with E-state index >= 15 is 0 Å². The molecule has 0 atom stereocenters. The summed E-state index contributed by atoms with van der Waals surface area (Å²) in [6.07, 6.45) is -4.79. The topological polar surface area (TPSA) is 92.1 Å². The molecule has 3 rings (SSSR count). The van der Waals surface area contributed by atoms with Crippen molar-refractivity contribution in [2.75, 3.05) is 18.2 Å². The zero-order valence-corrected chi connectivity index (χ0v) is 18.9. The zero-order valence-electron chi connectivity index (χ0n) is 18.1. The molecule has 3 aromatic rings. The third-order valence-corrected chi connectivity index (χ3v) is 5.66. The summed E-state index contributed by atoms with van der Waals surface area (Å²) in [6, 6.07) is 14.9. The molecule has 1 amide bonds. The number of thioether (sulfide) groups is 1. The maximum Gasteiger partial charge on any atom is 0.417 e. The standard InChI is InChI=1S/C24H18F3N3O3S/c1-14(31)16-4-3-5-17(10-16)29-22(32)13-34-23-19(12-28)20(24(25,26)27)11-21(30-23)15-6-8-18(33-2)9-7-15/h3-11H,13H2,1-2H3,(H,29,32). The summed E-state index contributed by atoms with van der Waals surface area (Å²) >= 11 is 0.719. The molecule has 10 heteroatoms. The van der Waals surface area contributed by atoms with Gasteiger partial charge in [-0.1, -0.05) is 23.9 Å². The molecule has 0 saturated heterocycles. The number of hydrogen-bond donors (Lipinski definition) is 1. The van der Waals surface area contributed by atoms with Gasteiger partial charge in [0.15, 0.2) is 5.78 Å². The van der Waals surface area contributed by atoms with Crippen LogP contribution in [0.15, 0.2) is 59.6 Å². The number of benzene rings is 2. The van der Waals surface area contributed by atoms with Crippen LogP contribution in [0.4, 0.5) is 18.9 Å². The van der Waals surface area contributed by atoms with Crippen molar-refractivity contribution in [1.82, 2.24) is 4.98 Å². The van der Waals surface area contributed by atoms with Gasteiger partial charge in [-0.15, -0.1) is 0 Å². The molecule has 34 heavy (non-hydrogen) atoms. The summed E-state index contributed by atoms with van der Waals surface area (Å²) in [5.74, 6) is -0.480. The molecule has 0 bridgehead atoms. The van der Waals surface area contributed by atoms with Crippen LogP contribution in [-0.2, 0) is 11.0 Å². The van der Waals surface area contributed by atoms with Gasteiger partial charge in [0.05, 0.1) is 29.7 Å². The van der Waals surface area contributed by atoms with Gasteiger partial charge in [-0.05, 0) is 49.4 Å². The van der Waals surface area contributed by atoms with Crippen molar-refractivity contribution in [3.8, 4) is 23.1 Å². The number of nitrogens with zero attached hydrogens (tertiary/aromatic N) is 2. The number of carbonyl (C=O) groups is 2. The lowest BCUT2D eigenvalue weighted by atomic mass is 10.1. The van der Waals surface area contributed by atoms with Crippen LogP contribution >= 0.6 is 11.8 Å². The van der Waals surface area contributed by atoms with Crippen molar-refractivity contribution >= 4 is 29.1 Å². The average Bonchev–Trinajstić information content (AvgIpc) is 2.81. The number of pyridine rings is 1. The van der Waals surface area contributed by atoms with Crippen LogP contribution in [0.25, 0.3) is 11.3 Å². The minimum Gasteiger partial charge on any atom is -0.497 e. The smallest absolute Gasteiger partial charge is 0.417 e. The number of alkyl halides is 3. The Morgan fingerprint density at radius 2 is 1.85 bits per heavy atom. The molecule has 2 aromatic carbocycles. The van der Waals surface area contributed by atoms with Crippen LogP contribution in [0.1, 0.15) is 28.4 Å². The van der Waals surface area contributed by atoms with Crippen molar-refractivity contribution in [2.45, 2.75) is 18.1 Å². The van der Waals surface area contributed by atoms with Crippen LogP contribution in [-0.4, -0.2) is 29.5 Å². The second-order valence-electron chi connectivity index (χ2n) is 7.05. The third kappa shape index (κ3) is 5.94. The summed E-state index contributed by atoms with van der Waals surface area (Å²) in [6.45, 7) is 1.39. The number of methoxy groups -OCH3 is 1. The minimum atomic E-state index is -4.79. The molecular weight excluding hydrogens is 467 g/mol. The van der Waals surface area contributed by atoms with E-state index in [-0.39, 0.29) is 22.3 Å². The maximum atomic E-state index is 13.7. The van der Waals surface area contributed by atoms with Crippen LogP contribution in [0.2, 0.25) is 0 Å². The predicted molar refractivity (Wildman–Crippen MR) is 122 cm³/mol. The Morgan fingerprint density at radius 1 is 1.15 bits per heavy atom. The second-order valence-corrected chi connectivity index (χ2v) is 8.01. The van der Waals surface area contributed by atoms with E-state index in [9.17, 15) is 28.0 Å². The number of nitrogens with one attached hydrogen (secondary N) is 1. The Bertz CT molecular complexity index is 1270. The molecule has 0 aliphatic rings. The molecule has 0 unspecified atom stereocenters. The fourth-order valence-electron chi connectivity index (χ4n) is 3.01. The molecule has 0 radical (unpaired) electrons. The summed E-state index contributed by atoms with van der Waals surface area (Å²) in [4.78, 5) is 28.2. The number of Topliss-reactive ketones (excluding diaryl/α,β-unsaturated/α-hetero) is 1. The molecule has 1 aromatic heterocycles. The van der Waals surface area contributed by atoms with E-state index in [0.29, 0.717) is 22.6 Å². The van der Waals surface area contributed by atoms with Crippen LogP contribution in [0.3, 0.4) is 0 Å². The van der Waals surface area contributed by atoms with E-state index in [0.717, 1.165) is 17.8 Å². The fourth-order valence-corrected chi connectivity index (χ4v) is 3.82. The van der Waals surface area contributed by atoms with Crippen molar-refractivity contribution < 1.29 is 27.5 Å².